The summed E-state index contributed by atoms with van der Waals surface area (Å²) in [4.78, 5) is 84.2. The Morgan fingerprint density at radius 3 is 2.49 bits per heavy atom. The van der Waals surface area contributed by atoms with E-state index in [0.29, 0.717) is 85.5 Å². The molecular weight excluding hydrogens is 929 g/mol. The first kappa shape index (κ1) is 47.5. The van der Waals surface area contributed by atoms with Gasteiger partial charge in [0, 0.05) is 67.8 Å². The van der Waals surface area contributed by atoms with Crippen LogP contribution < -0.4 is 22.1 Å². The number of imidazole rings is 1. The van der Waals surface area contributed by atoms with Gasteiger partial charge in [-0.3, -0.25) is 48.2 Å². The van der Waals surface area contributed by atoms with Crippen molar-refractivity contribution in [1.82, 2.24) is 24.3 Å². The van der Waals surface area contributed by atoms with E-state index in [1.807, 2.05) is 29.2 Å². The highest BCUT2D eigenvalue weighted by Gasteiger charge is 2.76. The Hall–Kier alpha value is -5.13. The van der Waals surface area contributed by atoms with Crippen LogP contribution in [0.15, 0.2) is 59.4 Å². The number of hydrogen-bond donors (Lipinski definition) is 4. The SMILES string of the molecule is Cn1c(=O)n(C2CCC(=O)NC2=O)c2ccc(CCCO[C@@H]3C[C@H](C(=O)O)N(C[C@@H]4CCCC(N5[C@@H](C(N)=O)[C@H](c6cccc(Cl)c6F)[C@]6(C(=O)Nc7cc(Cl)ccc76)C56CCCCC6)C4)C3)cc21. The van der Waals surface area contributed by atoms with Crippen LogP contribution in [0.5, 0.6) is 0 Å². The number of carboxylic acids is 1. The van der Waals surface area contributed by atoms with Gasteiger partial charge in [-0.15, -0.1) is 0 Å². The smallest absolute Gasteiger partial charge is 0.329 e. The molecule has 6 aliphatic rings. The van der Waals surface area contributed by atoms with Gasteiger partial charge in [-0.25, -0.2) is 9.18 Å². The molecular formula is C51H58Cl2FN7O8. The normalized spacial score (nSPS) is 29.2. The van der Waals surface area contributed by atoms with Gasteiger partial charge in [0.1, 0.15) is 23.3 Å². The molecule has 2 saturated carbocycles. The van der Waals surface area contributed by atoms with Crippen LogP contribution in [0.25, 0.3) is 11.0 Å². The molecule has 10 rings (SSSR count). The average molecular weight is 987 g/mol. The molecule has 18 heteroatoms. The van der Waals surface area contributed by atoms with Gasteiger partial charge in [0.15, 0.2) is 0 Å². The highest BCUT2D eigenvalue weighted by Crippen LogP contribution is 2.67. The number of amides is 4. The van der Waals surface area contributed by atoms with Crippen LogP contribution in [0, 0.1) is 11.7 Å². The van der Waals surface area contributed by atoms with Crippen LogP contribution in [0.2, 0.25) is 10.0 Å². The average Bonchev–Trinajstić information content (AvgIpc) is 4.01. The zero-order valence-corrected chi connectivity index (χ0v) is 40.1. The quantitative estimate of drug-likeness (QED) is 0.0918. The number of ether oxygens (including phenoxy) is 1. The van der Waals surface area contributed by atoms with Crippen LogP contribution in [0.3, 0.4) is 0 Å². The second-order valence-electron chi connectivity index (χ2n) is 20.2. The highest BCUT2D eigenvalue weighted by atomic mass is 35.5. The second-order valence-corrected chi connectivity index (χ2v) is 21.1. The number of likely N-dealkylation sites (tertiary alicyclic amines) is 2. The molecule has 2 unspecified atom stereocenters. The first-order chi connectivity index (χ1) is 33.1. The lowest BCUT2D eigenvalue weighted by atomic mass is 9.55. The number of hydrogen-bond acceptors (Lipinski definition) is 9. The van der Waals surface area contributed by atoms with Crippen molar-refractivity contribution in [3.63, 3.8) is 0 Å². The van der Waals surface area contributed by atoms with Crippen molar-refractivity contribution in [3.05, 3.63) is 97.6 Å². The summed E-state index contributed by atoms with van der Waals surface area (Å²) in [6, 6.07) is 13.0. The molecule has 4 aliphatic heterocycles. The molecule has 69 heavy (non-hydrogen) atoms. The summed E-state index contributed by atoms with van der Waals surface area (Å²) < 4.78 is 26.0. The molecule has 5 fully saturated rings. The Kier molecular flexibility index (Phi) is 12.8. The first-order valence-electron chi connectivity index (χ1n) is 24.4. The largest absolute Gasteiger partial charge is 0.480 e. The van der Waals surface area contributed by atoms with Crippen molar-refractivity contribution >= 4 is 69.5 Å². The van der Waals surface area contributed by atoms with E-state index in [1.165, 1.54) is 15.2 Å². The number of nitrogens with one attached hydrogen (secondary N) is 2. The molecule has 1 aromatic heterocycles. The van der Waals surface area contributed by atoms with E-state index in [-0.39, 0.29) is 59.0 Å². The van der Waals surface area contributed by atoms with Gasteiger partial charge in [-0.1, -0.05) is 73.2 Å². The number of aromatic nitrogens is 2. The maximum atomic E-state index is 16.6. The van der Waals surface area contributed by atoms with E-state index in [2.05, 4.69) is 15.5 Å². The molecule has 4 aromatic rings. The van der Waals surface area contributed by atoms with Gasteiger partial charge < -0.3 is 20.9 Å². The predicted molar refractivity (Wildman–Crippen MR) is 257 cm³/mol. The summed E-state index contributed by atoms with van der Waals surface area (Å²) in [7, 11) is 1.66. The molecule has 366 valence electrons. The van der Waals surface area contributed by atoms with Crippen molar-refractivity contribution in [2.24, 2.45) is 18.7 Å². The molecule has 8 atom stereocenters. The third-order valence-electron chi connectivity index (χ3n) is 16.5. The van der Waals surface area contributed by atoms with Gasteiger partial charge in [-0.2, -0.15) is 0 Å². The summed E-state index contributed by atoms with van der Waals surface area (Å²) in [6.45, 7) is 1.34. The second kappa shape index (κ2) is 18.6. The van der Waals surface area contributed by atoms with Gasteiger partial charge in [0.05, 0.1) is 28.2 Å². The van der Waals surface area contributed by atoms with E-state index in [1.54, 1.807) is 31.3 Å². The lowest BCUT2D eigenvalue weighted by molar-refractivity contribution is -0.142. The fourth-order valence-electron chi connectivity index (χ4n) is 13.8. The summed E-state index contributed by atoms with van der Waals surface area (Å²) >= 11 is 13.0. The van der Waals surface area contributed by atoms with Crippen LogP contribution in [-0.4, -0.2) is 103 Å². The zero-order valence-electron chi connectivity index (χ0n) is 38.6. The molecule has 3 saturated heterocycles. The Morgan fingerprint density at radius 1 is 0.942 bits per heavy atom. The minimum atomic E-state index is -1.41. The number of carbonyl (C=O) groups excluding carboxylic acids is 4. The molecule has 0 bridgehead atoms. The van der Waals surface area contributed by atoms with Gasteiger partial charge in [0.2, 0.25) is 23.6 Å². The Bertz CT molecular complexity index is 2810. The number of piperidine rings is 1. The van der Waals surface area contributed by atoms with Crippen molar-refractivity contribution in [2.45, 2.75) is 137 Å². The van der Waals surface area contributed by atoms with Gasteiger partial charge in [0.25, 0.3) is 0 Å². The zero-order chi connectivity index (χ0) is 48.5. The van der Waals surface area contributed by atoms with Crippen molar-refractivity contribution < 1.29 is 38.2 Å². The minimum absolute atomic E-state index is 0.0515. The number of carboxylic acid groups (broad SMARTS) is 1. The van der Waals surface area contributed by atoms with Crippen molar-refractivity contribution in [1.29, 1.82) is 0 Å². The molecule has 2 aliphatic carbocycles. The van der Waals surface area contributed by atoms with Crippen molar-refractivity contribution in [2.75, 3.05) is 25.0 Å². The Balaban J connectivity index is 0.865. The molecule has 5 heterocycles. The molecule has 3 aromatic carbocycles. The van der Waals surface area contributed by atoms with Crippen LogP contribution in [-0.2, 0) is 47.6 Å². The van der Waals surface area contributed by atoms with E-state index in [4.69, 9.17) is 33.7 Å². The summed E-state index contributed by atoms with van der Waals surface area (Å²) in [5.41, 5.74) is 7.52. The first-order valence-corrected chi connectivity index (χ1v) is 25.2. The molecule has 2 spiro atoms. The van der Waals surface area contributed by atoms with E-state index in [9.17, 15) is 29.1 Å². The fraction of sp³-hybridized carbons (Fsp3) is 0.529. The fourth-order valence-corrected chi connectivity index (χ4v) is 14.2. The molecule has 5 N–H and O–H groups in total. The van der Waals surface area contributed by atoms with Gasteiger partial charge in [-0.05, 0) is 104 Å². The highest BCUT2D eigenvalue weighted by molar-refractivity contribution is 6.31. The van der Waals surface area contributed by atoms with E-state index in [0.717, 1.165) is 44.1 Å². The van der Waals surface area contributed by atoms with E-state index >= 15 is 9.18 Å². The summed E-state index contributed by atoms with van der Waals surface area (Å²) in [6.07, 6.45) is 8.47. The van der Waals surface area contributed by atoms with Crippen molar-refractivity contribution in [3.8, 4) is 0 Å². The lowest BCUT2D eigenvalue weighted by Crippen LogP contribution is -2.64. The Labute approximate surface area is 408 Å². The number of halogens is 3. The number of carbonyl (C=O) groups is 5. The predicted octanol–water partition coefficient (Wildman–Crippen LogP) is 6.35. The van der Waals surface area contributed by atoms with Gasteiger partial charge >= 0.3 is 11.7 Å². The number of primary amides is 1. The molecule has 0 radical (unpaired) electrons. The molecule has 15 nitrogen and oxygen atoms in total. The number of rotatable bonds is 12. The number of nitrogens with two attached hydrogens (primary N) is 1. The number of anilines is 1. The van der Waals surface area contributed by atoms with E-state index < -0.39 is 58.6 Å². The Morgan fingerprint density at radius 2 is 1.74 bits per heavy atom. The number of aryl methyl sites for hydroxylation is 2. The lowest BCUT2D eigenvalue weighted by Gasteiger charge is -2.54. The van der Waals surface area contributed by atoms with Crippen LogP contribution in [0.4, 0.5) is 10.1 Å². The maximum absolute atomic E-state index is 16.6. The number of nitrogens with zero attached hydrogens (tertiary/aromatic N) is 4. The summed E-state index contributed by atoms with van der Waals surface area (Å²) in [5.74, 6) is -4.33. The summed E-state index contributed by atoms with van der Waals surface area (Å²) in [5, 5.41) is 16.3. The number of aliphatic carboxylic acids is 1. The third kappa shape index (κ3) is 7.89. The standard InChI is InChI=1S/C51H58Cl2FN7O8/c1-58-39-23-28(13-16-37(39)60(49(58)68)38-17-18-41(62)57-46(38)64)9-7-21-69-32-25-40(47(65)66)59(27-32)26-29-8-5-10-31(22-29)61-44(45(55)63)42(33-11-6-12-35(53)43(33)54)51(50(61)19-3-2-4-20-50)34-15-14-30(52)24-36(34)56-48(51)67/h6,11-16,23-24,29,31-32,38,40,42,44H,2-5,7-10,17-22,25-27H2,1H3,(H2,55,63)(H,56,67)(H,65,66)(H,57,62,64)/t29-,31?,32-,38?,40-,42+,44-,51-/m1/s1. The monoisotopic (exact) mass is 985 g/mol. The number of fused-ring (bicyclic) bond motifs is 4. The number of benzene rings is 3. The topological polar surface area (TPSA) is 198 Å². The third-order valence-corrected chi connectivity index (χ3v) is 17.1. The molecule has 4 amide bonds. The minimum Gasteiger partial charge on any atom is -0.480 e. The number of imide groups is 1. The van der Waals surface area contributed by atoms with Crippen LogP contribution in [0.1, 0.15) is 112 Å². The maximum Gasteiger partial charge on any atom is 0.329 e. The van der Waals surface area contributed by atoms with Crippen LogP contribution >= 0.6 is 23.2 Å².